The molecular formula is C24H25N3O2S. The standard InChI is InChI=1S/C24H25N3O2S/c28-22(11-14-25-24(29)26-17-18-7-3-1-4-8-18)27-15-12-21-20(13-16-30-21)23(27)19-9-5-2-6-10-19/h1-10,13,16,23H,11-12,14-15,17H2,(H2,25,26,29)/t23-/m0/s1. The zero-order chi connectivity index (χ0) is 20.8. The first-order chi connectivity index (χ1) is 14.7. The maximum Gasteiger partial charge on any atom is 0.315 e. The van der Waals surface area contributed by atoms with E-state index in [0.29, 0.717) is 19.6 Å². The molecule has 0 spiro atoms. The summed E-state index contributed by atoms with van der Waals surface area (Å²) in [7, 11) is 0. The van der Waals surface area contributed by atoms with Gasteiger partial charge in [-0.25, -0.2) is 4.79 Å². The number of nitrogens with zero attached hydrogens (tertiary/aromatic N) is 1. The van der Waals surface area contributed by atoms with Crippen LogP contribution in [0.3, 0.4) is 0 Å². The van der Waals surface area contributed by atoms with Gasteiger partial charge in [-0.3, -0.25) is 4.79 Å². The fraction of sp³-hybridized carbons (Fsp3) is 0.250. The summed E-state index contributed by atoms with van der Waals surface area (Å²) in [6.07, 6.45) is 1.16. The second kappa shape index (κ2) is 9.59. The highest BCUT2D eigenvalue weighted by Gasteiger charge is 2.32. The molecule has 154 valence electrons. The highest BCUT2D eigenvalue weighted by Crippen LogP contribution is 2.37. The molecule has 4 rings (SSSR count). The van der Waals surface area contributed by atoms with Crippen LogP contribution in [0.25, 0.3) is 0 Å². The van der Waals surface area contributed by atoms with Gasteiger partial charge >= 0.3 is 6.03 Å². The Morgan fingerprint density at radius 1 is 0.967 bits per heavy atom. The molecule has 2 aromatic carbocycles. The Morgan fingerprint density at radius 2 is 1.70 bits per heavy atom. The molecule has 6 heteroatoms. The number of hydrogen-bond acceptors (Lipinski definition) is 3. The van der Waals surface area contributed by atoms with E-state index in [0.717, 1.165) is 17.5 Å². The number of hydrogen-bond donors (Lipinski definition) is 2. The van der Waals surface area contributed by atoms with Crippen LogP contribution >= 0.6 is 11.3 Å². The van der Waals surface area contributed by atoms with Crippen LogP contribution < -0.4 is 10.6 Å². The van der Waals surface area contributed by atoms with Crippen LogP contribution in [-0.4, -0.2) is 29.9 Å². The summed E-state index contributed by atoms with van der Waals surface area (Å²) < 4.78 is 0. The third kappa shape index (κ3) is 4.71. The smallest absolute Gasteiger partial charge is 0.315 e. The molecule has 1 aliphatic rings. The van der Waals surface area contributed by atoms with Gasteiger partial charge in [0.2, 0.25) is 5.91 Å². The molecule has 0 aliphatic carbocycles. The highest BCUT2D eigenvalue weighted by atomic mass is 32.1. The lowest BCUT2D eigenvalue weighted by atomic mass is 9.93. The zero-order valence-corrected chi connectivity index (χ0v) is 17.5. The number of amides is 3. The largest absolute Gasteiger partial charge is 0.338 e. The molecule has 0 unspecified atom stereocenters. The van der Waals surface area contributed by atoms with E-state index in [1.54, 1.807) is 11.3 Å². The normalized spacial score (nSPS) is 15.3. The Hall–Kier alpha value is -3.12. The van der Waals surface area contributed by atoms with Crippen molar-refractivity contribution in [3.05, 3.63) is 93.7 Å². The van der Waals surface area contributed by atoms with Gasteiger partial charge in [0.1, 0.15) is 0 Å². The molecule has 0 radical (unpaired) electrons. The van der Waals surface area contributed by atoms with Gasteiger partial charge < -0.3 is 15.5 Å². The van der Waals surface area contributed by atoms with Crippen molar-refractivity contribution < 1.29 is 9.59 Å². The molecular weight excluding hydrogens is 394 g/mol. The van der Waals surface area contributed by atoms with Gasteiger partial charge in [0.05, 0.1) is 6.04 Å². The van der Waals surface area contributed by atoms with Gasteiger partial charge in [0.15, 0.2) is 0 Å². The molecule has 0 fully saturated rings. The Bertz CT molecular complexity index is 988. The van der Waals surface area contributed by atoms with Crippen LogP contribution in [0, 0.1) is 0 Å². The van der Waals surface area contributed by atoms with Gasteiger partial charge in [-0.15, -0.1) is 11.3 Å². The van der Waals surface area contributed by atoms with Crippen LogP contribution in [0.4, 0.5) is 4.79 Å². The molecule has 3 aromatic rings. The quantitative estimate of drug-likeness (QED) is 0.632. The zero-order valence-electron chi connectivity index (χ0n) is 16.7. The van der Waals surface area contributed by atoms with Crippen molar-refractivity contribution in [3.63, 3.8) is 0 Å². The van der Waals surface area contributed by atoms with E-state index in [1.807, 2.05) is 53.4 Å². The first kappa shape index (κ1) is 20.2. The summed E-state index contributed by atoms with van der Waals surface area (Å²) in [5.74, 6) is 0.0593. The Labute approximate surface area is 180 Å². The van der Waals surface area contributed by atoms with Crippen molar-refractivity contribution in [2.45, 2.75) is 25.4 Å². The molecule has 3 amide bonds. The fourth-order valence-electron chi connectivity index (χ4n) is 3.85. The number of rotatable bonds is 6. The van der Waals surface area contributed by atoms with Crippen molar-refractivity contribution in [2.75, 3.05) is 13.1 Å². The number of fused-ring (bicyclic) bond motifs is 1. The minimum atomic E-state index is -0.259. The minimum absolute atomic E-state index is 0.0550. The van der Waals surface area contributed by atoms with E-state index in [4.69, 9.17) is 0 Å². The Morgan fingerprint density at radius 3 is 2.47 bits per heavy atom. The number of urea groups is 1. The lowest BCUT2D eigenvalue weighted by Gasteiger charge is -2.36. The van der Waals surface area contributed by atoms with Crippen molar-refractivity contribution in [3.8, 4) is 0 Å². The maximum atomic E-state index is 13.0. The predicted octanol–water partition coefficient (Wildman–Crippen LogP) is 4.11. The molecule has 5 nitrogen and oxygen atoms in total. The molecule has 0 bridgehead atoms. The molecule has 0 saturated carbocycles. The number of carbonyl (C=O) groups excluding carboxylic acids is 2. The van der Waals surface area contributed by atoms with Crippen molar-refractivity contribution in [1.29, 1.82) is 0 Å². The molecule has 2 heterocycles. The SMILES string of the molecule is O=C(NCCC(=O)N1CCc2sccc2[C@@H]1c1ccccc1)NCc1ccccc1. The maximum absolute atomic E-state index is 13.0. The lowest BCUT2D eigenvalue weighted by molar-refractivity contribution is -0.133. The number of benzene rings is 2. The van der Waals surface area contributed by atoms with Crippen LogP contribution in [0.5, 0.6) is 0 Å². The van der Waals surface area contributed by atoms with Gasteiger partial charge in [-0.05, 0) is 34.6 Å². The summed E-state index contributed by atoms with van der Waals surface area (Å²) in [6, 6.07) is 21.7. The minimum Gasteiger partial charge on any atom is -0.338 e. The van der Waals surface area contributed by atoms with E-state index in [1.165, 1.54) is 10.4 Å². The van der Waals surface area contributed by atoms with E-state index in [9.17, 15) is 9.59 Å². The highest BCUT2D eigenvalue weighted by molar-refractivity contribution is 7.10. The van der Waals surface area contributed by atoms with Crippen molar-refractivity contribution in [1.82, 2.24) is 15.5 Å². The first-order valence-corrected chi connectivity index (χ1v) is 11.1. The molecule has 1 atom stereocenters. The Balaban J connectivity index is 1.34. The summed E-state index contributed by atoms with van der Waals surface area (Å²) >= 11 is 1.76. The average molecular weight is 420 g/mol. The van der Waals surface area contributed by atoms with E-state index >= 15 is 0 Å². The van der Waals surface area contributed by atoms with Crippen LogP contribution in [0.15, 0.2) is 72.1 Å². The van der Waals surface area contributed by atoms with E-state index in [-0.39, 0.29) is 24.4 Å². The first-order valence-electron chi connectivity index (χ1n) is 10.2. The summed E-state index contributed by atoms with van der Waals surface area (Å²) in [5, 5.41) is 7.72. The summed E-state index contributed by atoms with van der Waals surface area (Å²) in [6.45, 7) is 1.48. The van der Waals surface area contributed by atoms with E-state index < -0.39 is 0 Å². The topological polar surface area (TPSA) is 61.4 Å². The second-order valence-corrected chi connectivity index (χ2v) is 8.30. The van der Waals surface area contributed by atoms with Crippen LogP contribution in [0.2, 0.25) is 0 Å². The molecule has 1 aromatic heterocycles. The molecule has 2 N–H and O–H groups in total. The average Bonchev–Trinajstić information content (AvgIpc) is 3.27. The van der Waals surface area contributed by atoms with Crippen LogP contribution in [0.1, 0.15) is 34.0 Å². The van der Waals surface area contributed by atoms with E-state index in [2.05, 4.69) is 34.2 Å². The third-order valence-electron chi connectivity index (χ3n) is 5.32. The third-order valence-corrected chi connectivity index (χ3v) is 6.32. The van der Waals surface area contributed by atoms with Gasteiger partial charge in [-0.1, -0.05) is 60.7 Å². The summed E-state index contributed by atoms with van der Waals surface area (Å²) in [4.78, 5) is 28.4. The monoisotopic (exact) mass is 419 g/mol. The number of carbonyl (C=O) groups is 2. The fourth-order valence-corrected chi connectivity index (χ4v) is 4.75. The van der Waals surface area contributed by atoms with Gasteiger partial charge in [-0.2, -0.15) is 0 Å². The number of nitrogens with one attached hydrogen (secondary N) is 2. The van der Waals surface area contributed by atoms with Crippen molar-refractivity contribution >= 4 is 23.3 Å². The summed E-state index contributed by atoms with van der Waals surface area (Å²) in [5.41, 5.74) is 3.38. The molecule has 30 heavy (non-hydrogen) atoms. The Kier molecular flexibility index (Phi) is 6.44. The predicted molar refractivity (Wildman–Crippen MR) is 119 cm³/mol. The molecule has 1 aliphatic heterocycles. The molecule has 0 saturated heterocycles. The van der Waals surface area contributed by atoms with Crippen molar-refractivity contribution in [2.24, 2.45) is 0 Å². The van der Waals surface area contributed by atoms with Gasteiger partial charge in [0.25, 0.3) is 0 Å². The lowest BCUT2D eigenvalue weighted by Crippen LogP contribution is -2.42. The second-order valence-electron chi connectivity index (χ2n) is 7.29. The van der Waals surface area contributed by atoms with Crippen LogP contribution in [-0.2, 0) is 17.8 Å². The van der Waals surface area contributed by atoms with Gasteiger partial charge in [0, 0.05) is 30.9 Å². The number of thiophene rings is 1.